The van der Waals surface area contributed by atoms with Crippen LogP contribution in [-0.4, -0.2) is 24.2 Å². The Morgan fingerprint density at radius 2 is 2.06 bits per heavy atom. The average Bonchev–Trinajstić information content (AvgIpc) is 2.94. The maximum atomic E-state index is 11.1. The van der Waals surface area contributed by atoms with Gasteiger partial charge in [0.2, 0.25) is 0 Å². The number of nitrogens with zero attached hydrogens (tertiary/aromatic N) is 1. The van der Waals surface area contributed by atoms with Crippen LogP contribution in [0.15, 0.2) is 18.2 Å². The minimum absolute atomic E-state index is 0.352. The SMILES string of the molecule is Nc1ccc(C(=O)O)c(N2CC3(CC3)C2)c1. The summed E-state index contributed by atoms with van der Waals surface area (Å²) in [6, 6.07) is 4.99. The molecule has 4 nitrogen and oxygen atoms in total. The van der Waals surface area contributed by atoms with Gasteiger partial charge < -0.3 is 15.7 Å². The van der Waals surface area contributed by atoms with Crippen LogP contribution in [-0.2, 0) is 0 Å². The minimum Gasteiger partial charge on any atom is -0.478 e. The monoisotopic (exact) mass is 218 g/mol. The number of carbonyl (C=O) groups is 1. The zero-order chi connectivity index (χ0) is 11.3. The fourth-order valence-electron chi connectivity index (χ4n) is 2.42. The van der Waals surface area contributed by atoms with Crippen molar-refractivity contribution < 1.29 is 9.90 Å². The summed E-state index contributed by atoms with van der Waals surface area (Å²) in [5, 5.41) is 9.10. The van der Waals surface area contributed by atoms with Crippen LogP contribution in [0.4, 0.5) is 11.4 Å². The number of benzene rings is 1. The Morgan fingerprint density at radius 1 is 1.38 bits per heavy atom. The fourth-order valence-corrected chi connectivity index (χ4v) is 2.42. The maximum absolute atomic E-state index is 11.1. The smallest absolute Gasteiger partial charge is 0.337 e. The Bertz CT molecular complexity index is 458. The number of hydrogen-bond donors (Lipinski definition) is 2. The van der Waals surface area contributed by atoms with Gasteiger partial charge in [0, 0.05) is 24.2 Å². The van der Waals surface area contributed by atoms with E-state index in [2.05, 4.69) is 4.90 Å². The predicted octanol–water partition coefficient (Wildman–Crippen LogP) is 1.57. The predicted molar refractivity (Wildman–Crippen MR) is 61.7 cm³/mol. The minimum atomic E-state index is -0.883. The Labute approximate surface area is 93.7 Å². The molecule has 1 aromatic carbocycles. The van der Waals surface area contributed by atoms with Gasteiger partial charge in [0.15, 0.2) is 0 Å². The van der Waals surface area contributed by atoms with E-state index in [1.54, 1.807) is 18.2 Å². The number of carboxylic acids is 1. The normalized spacial score (nSPS) is 20.6. The molecule has 1 heterocycles. The van der Waals surface area contributed by atoms with Crippen molar-refractivity contribution in [1.29, 1.82) is 0 Å². The molecule has 1 saturated heterocycles. The second-order valence-electron chi connectivity index (χ2n) is 4.94. The van der Waals surface area contributed by atoms with Crippen LogP contribution in [0.1, 0.15) is 23.2 Å². The number of anilines is 2. The molecule has 2 fully saturated rings. The molecule has 0 radical (unpaired) electrons. The third-order valence-corrected chi connectivity index (χ3v) is 3.60. The number of rotatable bonds is 2. The molecule has 0 unspecified atom stereocenters. The molecular weight excluding hydrogens is 204 g/mol. The van der Waals surface area contributed by atoms with Crippen molar-refractivity contribution in [3.05, 3.63) is 23.8 Å². The summed E-state index contributed by atoms with van der Waals surface area (Å²) in [5.41, 5.74) is 7.96. The average molecular weight is 218 g/mol. The number of carboxylic acid groups (broad SMARTS) is 1. The van der Waals surface area contributed by atoms with Crippen molar-refractivity contribution in [3.8, 4) is 0 Å². The zero-order valence-corrected chi connectivity index (χ0v) is 8.94. The van der Waals surface area contributed by atoms with Gasteiger partial charge in [-0.15, -0.1) is 0 Å². The first kappa shape index (κ1) is 9.51. The first-order valence-corrected chi connectivity index (χ1v) is 5.47. The molecule has 3 N–H and O–H groups in total. The first-order valence-electron chi connectivity index (χ1n) is 5.47. The molecule has 16 heavy (non-hydrogen) atoms. The quantitative estimate of drug-likeness (QED) is 0.739. The van der Waals surface area contributed by atoms with E-state index in [9.17, 15) is 4.79 Å². The second kappa shape index (κ2) is 2.90. The van der Waals surface area contributed by atoms with Gasteiger partial charge in [-0.3, -0.25) is 0 Å². The lowest BCUT2D eigenvalue weighted by Gasteiger charge is -2.42. The molecule has 1 spiro atoms. The van der Waals surface area contributed by atoms with Gasteiger partial charge in [0.25, 0.3) is 0 Å². The highest BCUT2D eigenvalue weighted by molar-refractivity contribution is 5.95. The van der Waals surface area contributed by atoms with Crippen molar-refractivity contribution in [2.75, 3.05) is 23.7 Å². The molecule has 0 atom stereocenters. The molecule has 4 heteroatoms. The van der Waals surface area contributed by atoms with Crippen LogP contribution in [0.5, 0.6) is 0 Å². The molecule has 1 aromatic rings. The van der Waals surface area contributed by atoms with E-state index in [1.807, 2.05) is 0 Å². The van der Waals surface area contributed by atoms with E-state index >= 15 is 0 Å². The summed E-state index contributed by atoms with van der Waals surface area (Å²) < 4.78 is 0. The third-order valence-electron chi connectivity index (χ3n) is 3.60. The highest BCUT2D eigenvalue weighted by Crippen LogP contribution is 2.54. The molecule has 1 aliphatic carbocycles. The van der Waals surface area contributed by atoms with E-state index < -0.39 is 5.97 Å². The highest BCUT2D eigenvalue weighted by atomic mass is 16.4. The lowest BCUT2D eigenvalue weighted by molar-refractivity contribution is 0.0697. The fraction of sp³-hybridized carbons (Fsp3) is 0.417. The molecule has 0 bridgehead atoms. The van der Waals surface area contributed by atoms with Crippen molar-refractivity contribution in [2.24, 2.45) is 5.41 Å². The van der Waals surface area contributed by atoms with E-state index in [4.69, 9.17) is 10.8 Å². The third kappa shape index (κ3) is 1.33. The molecule has 0 amide bonds. The van der Waals surface area contributed by atoms with Gasteiger partial charge in [0.05, 0.1) is 11.3 Å². The second-order valence-corrected chi connectivity index (χ2v) is 4.94. The molecule has 1 aliphatic heterocycles. The van der Waals surface area contributed by atoms with E-state index in [0.717, 1.165) is 18.8 Å². The lowest BCUT2D eigenvalue weighted by atomic mass is 9.94. The summed E-state index contributed by atoms with van der Waals surface area (Å²) in [6.45, 7) is 1.97. The number of nitrogens with two attached hydrogens (primary N) is 1. The molecule has 1 saturated carbocycles. The zero-order valence-electron chi connectivity index (χ0n) is 8.94. The molecule has 0 aromatic heterocycles. The summed E-state index contributed by atoms with van der Waals surface area (Å²) in [4.78, 5) is 13.2. The van der Waals surface area contributed by atoms with Gasteiger partial charge in [0.1, 0.15) is 0 Å². The van der Waals surface area contributed by atoms with Crippen LogP contribution in [0, 0.1) is 5.41 Å². The molecule has 84 valence electrons. The number of hydrogen-bond acceptors (Lipinski definition) is 3. The summed E-state index contributed by atoms with van der Waals surface area (Å²) in [5.74, 6) is -0.883. The van der Waals surface area contributed by atoms with Crippen LogP contribution in [0.2, 0.25) is 0 Å². The van der Waals surface area contributed by atoms with E-state index in [-0.39, 0.29) is 0 Å². The van der Waals surface area contributed by atoms with Crippen molar-refractivity contribution in [3.63, 3.8) is 0 Å². The van der Waals surface area contributed by atoms with Crippen LogP contribution in [0.25, 0.3) is 0 Å². The number of aromatic carboxylic acids is 1. The van der Waals surface area contributed by atoms with E-state index in [0.29, 0.717) is 16.7 Å². The van der Waals surface area contributed by atoms with Gasteiger partial charge >= 0.3 is 5.97 Å². The summed E-state index contributed by atoms with van der Waals surface area (Å²) in [6.07, 6.45) is 2.57. The molecular formula is C12H14N2O2. The van der Waals surface area contributed by atoms with Crippen LogP contribution in [0.3, 0.4) is 0 Å². The van der Waals surface area contributed by atoms with Gasteiger partial charge in [-0.2, -0.15) is 0 Å². The van der Waals surface area contributed by atoms with E-state index in [1.165, 1.54) is 12.8 Å². The van der Waals surface area contributed by atoms with Gasteiger partial charge in [-0.25, -0.2) is 4.79 Å². The maximum Gasteiger partial charge on any atom is 0.337 e. The summed E-state index contributed by atoms with van der Waals surface area (Å²) >= 11 is 0. The van der Waals surface area contributed by atoms with Crippen molar-refractivity contribution >= 4 is 17.3 Å². The molecule has 3 rings (SSSR count). The Balaban J connectivity index is 1.92. The van der Waals surface area contributed by atoms with Crippen molar-refractivity contribution in [2.45, 2.75) is 12.8 Å². The molecule has 2 aliphatic rings. The van der Waals surface area contributed by atoms with Crippen molar-refractivity contribution in [1.82, 2.24) is 0 Å². The van der Waals surface area contributed by atoms with Crippen LogP contribution >= 0.6 is 0 Å². The van der Waals surface area contributed by atoms with Gasteiger partial charge in [-0.1, -0.05) is 0 Å². The Hall–Kier alpha value is -1.71. The lowest BCUT2D eigenvalue weighted by Crippen LogP contribution is -2.49. The Kier molecular flexibility index (Phi) is 1.73. The largest absolute Gasteiger partial charge is 0.478 e. The topological polar surface area (TPSA) is 66.6 Å². The number of nitrogen functional groups attached to an aromatic ring is 1. The van der Waals surface area contributed by atoms with Gasteiger partial charge in [-0.05, 0) is 31.0 Å². The van der Waals surface area contributed by atoms with Crippen LogP contribution < -0.4 is 10.6 Å². The first-order chi connectivity index (χ1) is 7.60. The highest BCUT2D eigenvalue weighted by Gasteiger charge is 2.52. The standard InChI is InChI=1S/C12H14N2O2/c13-8-1-2-9(11(15)16)10(5-8)14-6-12(7-14)3-4-12/h1-2,5H,3-4,6-7,13H2,(H,15,16). The Morgan fingerprint density at radius 3 is 2.62 bits per heavy atom. The summed E-state index contributed by atoms with van der Waals surface area (Å²) in [7, 11) is 0.